The molecule has 0 aromatic heterocycles. The van der Waals surface area contributed by atoms with Crippen molar-refractivity contribution in [2.75, 3.05) is 10.6 Å². The second-order valence-electron chi connectivity index (χ2n) is 4.70. The molecule has 0 bridgehead atoms. The van der Waals surface area contributed by atoms with Gasteiger partial charge in [-0.25, -0.2) is 8.78 Å². The Kier molecular flexibility index (Phi) is 3.10. The summed E-state index contributed by atoms with van der Waals surface area (Å²) in [6.07, 6.45) is 0.411. The molecule has 0 radical (unpaired) electrons. The Labute approximate surface area is 114 Å². The van der Waals surface area contributed by atoms with Crippen molar-refractivity contribution in [1.82, 2.24) is 0 Å². The van der Waals surface area contributed by atoms with Crippen LogP contribution in [0.3, 0.4) is 0 Å². The van der Waals surface area contributed by atoms with Gasteiger partial charge in [-0.1, -0.05) is 6.07 Å². The van der Waals surface area contributed by atoms with Gasteiger partial charge in [0.2, 0.25) is 5.91 Å². The number of hydrogen-bond donors (Lipinski definition) is 2. The molecule has 20 heavy (non-hydrogen) atoms. The van der Waals surface area contributed by atoms with E-state index < -0.39 is 11.9 Å². The minimum Gasteiger partial charge on any atom is -0.373 e. The maximum absolute atomic E-state index is 13.1. The molecular formula is C15H12F2N2O. The van der Waals surface area contributed by atoms with Gasteiger partial charge < -0.3 is 10.6 Å². The first-order chi connectivity index (χ1) is 9.61. The molecule has 1 amide bonds. The summed E-state index contributed by atoms with van der Waals surface area (Å²) in [5.74, 6) is -1.00. The summed E-state index contributed by atoms with van der Waals surface area (Å²) in [7, 11) is 0. The smallest absolute Gasteiger partial charge is 0.247 e. The highest BCUT2D eigenvalue weighted by Crippen LogP contribution is 2.27. The van der Waals surface area contributed by atoms with Crippen molar-refractivity contribution >= 4 is 17.3 Å². The van der Waals surface area contributed by atoms with Crippen molar-refractivity contribution in [3.63, 3.8) is 0 Å². The number of amides is 1. The average molecular weight is 274 g/mol. The molecule has 3 nitrogen and oxygen atoms in total. The van der Waals surface area contributed by atoms with Crippen LogP contribution in [0.4, 0.5) is 20.2 Å². The minimum absolute atomic E-state index is 0.271. The predicted molar refractivity (Wildman–Crippen MR) is 72.5 cm³/mol. The number of fused-ring (bicyclic) bond motifs is 1. The van der Waals surface area contributed by atoms with Gasteiger partial charge in [0.1, 0.15) is 17.7 Å². The zero-order valence-electron chi connectivity index (χ0n) is 10.5. The van der Waals surface area contributed by atoms with Crippen LogP contribution in [-0.2, 0) is 11.2 Å². The van der Waals surface area contributed by atoms with Gasteiger partial charge in [-0.2, -0.15) is 0 Å². The topological polar surface area (TPSA) is 41.1 Å². The van der Waals surface area contributed by atoms with Crippen LogP contribution in [0.15, 0.2) is 42.5 Å². The SMILES string of the molecule is O=C(Nc1cccc(F)c1)C1Cc2cc(F)ccc2N1. The zero-order chi connectivity index (χ0) is 14.1. The van der Waals surface area contributed by atoms with E-state index in [1.54, 1.807) is 12.1 Å². The summed E-state index contributed by atoms with van der Waals surface area (Å²) in [4.78, 5) is 12.1. The Morgan fingerprint density at radius 3 is 2.75 bits per heavy atom. The molecule has 2 aromatic carbocycles. The summed E-state index contributed by atoms with van der Waals surface area (Å²) in [5.41, 5.74) is 1.93. The quantitative estimate of drug-likeness (QED) is 0.884. The average Bonchev–Trinajstić information content (AvgIpc) is 2.81. The Hall–Kier alpha value is -2.43. The minimum atomic E-state index is -0.477. The van der Waals surface area contributed by atoms with E-state index in [-0.39, 0.29) is 11.7 Å². The highest BCUT2D eigenvalue weighted by molar-refractivity contribution is 5.98. The van der Waals surface area contributed by atoms with Crippen LogP contribution in [0, 0.1) is 11.6 Å². The Balaban J connectivity index is 1.71. The van der Waals surface area contributed by atoms with E-state index in [0.29, 0.717) is 12.1 Å². The molecule has 5 heteroatoms. The summed E-state index contributed by atoms with van der Waals surface area (Å²) in [6, 6.07) is 9.59. The van der Waals surface area contributed by atoms with Crippen LogP contribution < -0.4 is 10.6 Å². The largest absolute Gasteiger partial charge is 0.373 e. The molecule has 1 unspecified atom stereocenters. The van der Waals surface area contributed by atoms with Crippen LogP contribution in [0.25, 0.3) is 0 Å². The van der Waals surface area contributed by atoms with Crippen LogP contribution in [0.5, 0.6) is 0 Å². The molecule has 0 fully saturated rings. The lowest BCUT2D eigenvalue weighted by Crippen LogP contribution is -2.32. The van der Waals surface area contributed by atoms with Crippen molar-refractivity contribution in [2.24, 2.45) is 0 Å². The number of nitrogens with one attached hydrogen (secondary N) is 2. The third kappa shape index (κ3) is 2.47. The van der Waals surface area contributed by atoms with Gasteiger partial charge in [-0.3, -0.25) is 4.79 Å². The lowest BCUT2D eigenvalue weighted by molar-refractivity contribution is -0.116. The summed E-state index contributed by atoms with van der Waals surface area (Å²) in [6.45, 7) is 0. The highest BCUT2D eigenvalue weighted by Gasteiger charge is 2.26. The molecule has 1 atom stereocenters. The first-order valence-corrected chi connectivity index (χ1v) is 6.23. The first-order valence-electron chi connectivity index (χ1n) is 6.23. The van der Waals surface area contributed by atoms with Crippen LogP contribution in [-0.4, -0.2) is 11.9 Å². The second kappa shape index (κ2) is 4.92. The van der Waals surface area contributed by atoms with E-state index in [1.165, 1.54) is 30.3 Å². The van der Waals surface area contributed by atoms with E-state index in [1.807, 2.05) is 0 Å². The number of halogens is 2. The van der Waals surface area contributed by atoms with Gasteiger partial charge in [-0.05, 0) is 42.0 Å². The highest BCUT2D eigenvalue weighted by atomic mass is 19.1. The molecule has 0 aliphatic carbocycles. The molecule has 3 rings (SSSR count). The number of carbonyl (C=O) groups excluding carboxylic acids is 1. The molecule has 1 heterocycles. The van der Waals surface area contributed by atoms with Crippen molar-refractivity contribution in [3.8, 4) is 0 Å². The van der Waals surface area contributed by atoms with Crippen LogP contribution in [0.2, 0.25) is 0 Å². The normalized spacial score (nSPS) is 16.4. The summed E-state index contributed by atoms with van der Waals surface area (Å²) >= 11 is 0. The van der Waals surface area contributed by atoms with E-state index in [4.69, 9.17) is 0 Å². The van der Waals surface area contributed by atoms with Gasteiger partial charge in [0.05, 0.1) is 0 Å². The lowest BCUT2D eigenvalue weighted by atomic mass is 10.1. The molecule has 102 valence electrons. The molecule has 1 aliphatic heterocycles. The molecule has 1 aliphatic rings. The predicted octanol–water partition coefficient (Wildman–Crippen LogP) is 2.94. The Morgan fingerprint density at radius 2 is 1.95 bits per heavy atom. The fourth-order valence-corrected chi connectivity index (χ4v) is 2.28. The van der Waals surface area contributed by atoms with E-state index in [0.717, 1.165) is 11.3 Å². The number of carbonyl (C=O) groups is 1. The number of hydrogen-bond acceptors (Lipinski definition) is 2. The molecule has 0 saturated heterocycles. The molecule has 2 N–H and O–H groups in total. The van der Waals surface area contributed by atoms with Gasteiger partial charge in [0.15, 0.2) is 0 Å². The third-order valence-corrected chi connectivity index (χ3v) is 3.23. The fourth-order valence-electron chi connectivity index (χ4n) is 2.28. The summed E-state index contributed by atoms with van der Waals surface area (Å²) in [5, 5.41) is 5.66. The number of benzene rings is 2. The monoisotopic (exact) mass is 274 g/mol. The van der Waals surface area contributed by atoms with Crippen molar-refractivity contribution < 1.29 is 13.6 Å². The van der Waals surface area contributed by atoms with Gasteiger partial charge >= 0.3 is 0 Å². The lowest BCUT2D eigenvalue weighted by Gasteiger charge is -2.11. The number of anilines is 2. The Morgan fingerprint density at radius 1 is 1.15 bits per heavy atom. The standard InChI is InChI=1S/C15H12F2N2O/c16-10-2-1-3-12(8-10)18-15(20)14-7-9-6-11(17)4-5-13(9)19-14/h1-6,8,14,19H,7H2,(H,18,20). The fraction of sp³-hybridized carbons (Fsp3) is 0.133. The van der Waals surface area contributed by atoms with Crippen molar-refractivity contribution in [2.45, 2.75) is 12.5 Å². The van der Waals surface area contributed by atoms with E-state index in [9.17, 15) is 13.6 Å². The van der Waals surface area contributed by atoms with Gasteiger partial charge in [0.25, 0.3) is 0 Å². The van der Waals surface area contributed by atoms with Crippen LogP contribution >= 0.6 is 0 Å². The number of rotatable bonds is 2. The third-order valence-electron chi connectivity index (χ3n) is 3.23. The van der Waals surface area contributed by atoms with Crippen molar-refractivity contribution in [1.29, 1.82) is 0 Å². The molecule has 2 aromatic rings. The van der Waals surface area contributed by atoms with E-state index >= 15 is 0 Å². The zero-order valence-corrected chi connectivity index (χ0v) is 10.5. The maximum Gasteiger partial charge on any atom is 0.247 e. The van der Waals surface area contributed by atoms with Crippen LogP contribution in [0.1, 0.15) is 5.56 Å². The molecular weight excluding hydrogens is 262 g/mol. The maximum atomic E-state index is 13.1. The Bertz CT molecular complexity index is 673. The first kappa shape index (κ1) is 12.6. The summed E-state index contributed by atoms with van der Waals surface area (Å²) < 4.78 is 26.2. The van der Waals surface area contributed by atoms with E-state index in [2.05, 4.69) is 10.6 Å². The molecule has 0 spiro atoms. The molecule has 0 saturated carbocycles. The second-order valence-corrected chi connectivity index (χ2v) is 4.70. The van der Waals surface area contributed by atoms with Crippen molar-refractivity contribution in [3.05, 3.63) is 59.7 Å². The van der Waals surface area contributed by atoms with Gasteiger partial charge in [-0.15, -0.1) is 0 Å². The van der Waals surface area contributed by atoms with Gasteiger partial charge in [0, 0.05) is 17.8 Å².